The second kappa shape index (κ2) is 10.0. The van der Waals surface area contributed by atoms with E-state index in [1.807, 2.05) is 37.3 Å². The largest absolute Gasteiger partial charge is 0.416 e. The molecule has 0 aliphatic carbocycles. The van der Waals surface area contributed by atoms with Crippen molar-refractivity contribution in [1.29, 1.82) is 0 Å². The van der Waals surface area contributed by atoms with Gasteiger partial charge in [-0.05, 0) is 56.9 Å². The Labute approximate surface area is 187 Å². The maximum Gasteiger partial charge on any atom is 0.416 e. The first-order valence-corrected chi connectivity index (χ1v) is 11.0. The Hall–Kier alpha value is -2.38. The highest BCUT2D eigenvalue weighted by Crippen LogP contribution is 2.36. The number of amides is 1. The molecule has 2 aromatic rings. The van der Waals surface area contributed by atoms with Crippen LogP contribution in [-0.2, 0) is 21.2 Å². The molecule has 2 aromatic carbocycles. The lowest BCUT2D eigenvalue weighted by Crippen LogP contribution is -2.54. The van der Waals surface area contributed by atoms with Crippen LogP contribution in [0.3, 0.4) is 0 Å². The Kier molecular flexibility index (Phi) is 7.62. The standard InChI is InChI=1S/C25H31F3N2O2/c1-4-29-23(31)19-10-11-24(30-15-19,21-8-6-5-7-9-21)16-32-18(3)20-12-17(2)13-22(14-20)25(26,27)28/h5-9,12-14,18-19,30H,4,10-11,15-16H2,1-3H3,(H,29,31)/t18-,19-,24-/m1/s1. The molecule has 1 heterocycles. The number of hydrogen-bond donors (Lipinski definition) is 2. The molecule has 3 atom stereocenters. The number of rotatable bonds is 7. The van der Waals surface area contributed by atoms with Gasteiger partial charge in [-0.15, -0.1) is 0 Å². The topological polar surface area (TPSA) is 50.4 Å². The van der Waals surface area contributed by atoms with Crippen LogP contribution < -0.4 is 10.6 Å². The summed E-state index contributed by atoms with van der Waals surface area (Å²) in [5, 5.41) is 6.40. The zero-order valence-corrected chi connectivity index (χ0v) is 18.8. The summed E-state index contributed by atoms with van der Waals surface area (Å²) in [6, 6.07) is 13.9. The van der Waals surface area contributed by atoms with Crippen molar-refractivity contribution >= 4 is 5.91 Å². The molecule has 1 aliphatic rings. The molecule has 1 amide bonds. The molecule has 7 heteroatoms. The van der Waals surface area contributed by atoms with Crippen LogP contribution in [0.15, 0.2) is 48.5 Å². The van der Waals surface area contributed by atoms with E-state index in [1.54, 1.807) is 19.9 Å². The summed E-state index contributed by atoms with van der Waals surface area (Å²) in [5.74, 6) is -0.0780. The third kappa shape index (κ3) is 5.70. The second-order valence-corrected chi connectivity index (χ2v) is 8.54. The zero-order chi connectivity index (χ0) is 23.4. The van der Waals surface area contributed by atoms with Gasteiger partial charge in [0, 0.05) is 13.1 Å². The van der Waals surface area contributed by atoms with Crippen molar-refractivity contribution in [1.82, 2.24) is 10.6 Å². The molecule has 0 unspecified atom stereocenters. The van der Waals surface area contributed by atoms with E-state index in [2.05, 4.69) is 10.6 Å². The number of carbonyl (C=O) groups excluding carboxylic acids is 1. The first kappa shape index (κ1) is 24.3. The number of carbonyl (C=O) groups is 1. The Balaban J connectivity index is 1.77. The fourth-order valence-electron chi connectivity index (χ4n) is 4.26. The molecule has 0 radical (unpaired) electrons. The third-order valence-corrected chi connectivity index (χ3v) is 6.13. The highest BCUT2D eigenvalue weighted by atomic mass is 19.4. The van der Waals surface area contributed by atoms with Gasteiger partial charge in [0.05, 0.1) is 29.7 Å². The predicted octanol–water partition coefficient (Wildman–Crippen LogP) is 5.12. The van der Waals surface area contributed by atoms with Gasteiger partial charge in [-0.2, -0.15) is 13.2 Å². The molecule has 174 valence electrons. The van der Waals surface area contributed by atoms with Crippen molar-refractivity contribution in [2.45, 2.75) is 51.4 Å². The van der Waals surface area contributed by atoms with Crippen molar-refractivity contribution in [2.75, 3.05) is 19.7 Å². The van der Waals surface area contributed by atoms with Gasteiger partial charge in [0.2, 0.25) is 5.91 Å². The first-order chi connectivity index (χ1) is 15.1. The second-order valence-electron chi connectivity index (χ2n) is 8.54. The molecule has 1 aliphatic heterocycles. The van der Waals surface area contributed by atoms with Gasteiger partial charge in [0.15, 0.2) is 0 Å². The molecular weight excluding hydrogens is 417 g/mol. The van der Waals surface area contributed by atoms with Crippen molar-refractivity contribution in [3.63, 3.8) is 0 Å². The van der Waals surface area contributed by atoms with Crippen LogP contribution in [0.2, 0.25) is 0 Å². The lowest BCUT2D eigenvalue weighted by molar-refractivity contribution is -0.137. The minimum atomic E-state index is -4.40. The highest BCUT2D eigenvalue weighted by molar-refractivity contribution is 5.79. The lowest BCUT2D eigenvalue weighted by Gasteiger charge is -2.42. The third-order valence-electron chi connectivity index (χ3n) is 6.13. The van der Waals surface area contributed by atoms with Crippen LogP contribution in [-0.4, -0.2) is 25.6 Å². The Morgan fingerprint density at radius 1 is 1.25 bits per heavy atom. The SMILES string of the molecule is CCNC(=O)[C@@H]1CC[C@@](CO[C@H](C)c2cc(C)cc(C(F)(F)F)c2)(c2ccccc2)NC1. The number of nitrogens with one attached hydrogen (secondary N) is 2. The number of halogens is 3. The van der Waals surface area contributed by atoms with Crippen LogP contribution in [0.4, 0.5) is 13.2 Å². The lowest BCUT2D eigenvalue weighted by atomic mass is 9.79. The van der Waals surface area contributed by atoms with Crippen molar-refractivity contribution < 1.29 is 22.7 Å². The molecule has 0 saturated carbocycles. The molecular formula is C25H31F3N2O2. The maximum absolute atomic E-state index is 13.2. The molecule has 32 heavy (non-hydrogen) atoms. The van der Waals surface area contributed by atoms with Gasteiger partial charge in [-0.1, -0.05) is 42.0 Å². The first-order valence-electron chi connectivity index (χ1n) is 11.0. The van der Waals surface area contributed by atoms with Gasteiger partial charge in [0.25, 0.3) is 0 Å². The molecule has 4 nitrogen and oxygen atoms in total. The number of aryl methyl sites for hydroxylation is 1. The van der Waals surface area contributed by atoms with E-state index >= 15 is 0 Å². The molecule has 3 rings (SSSR count). The molecule has 1 saturated heterocycles. The summed E-state index contributed by atoms with van der Waals surface area (Å²) < 4.78 is 45.9. The van der Waals surface area contributed by atoms with Gasteiger partial charge >= 0.3 is 6.18 Å². The summed E-state index contributed by atoms with van der Waals surface area (Å²) in [4.78, 5) is 12.3. The predicted molar refractivity (Wildman–Crippen MR) is 118 cm³/mol. The number of hydrogen-bond acceptors (Lipinski definition) is 3. The van der Waals surface area contributed by atoms with Gasteiger partial charge < -0.3 is 15.4 Å². The van der Waals surface area contributed by atoms with E-state index in [0.29, 0.717) is 37.1 Å². The fraction of sp³-hybridized carbons (Fsp3) is 0.480. The average Bonchev–Trinajstić information content (AvgIpc) is 2.77. The van der Waals surface area contributed by atoms with Crippen molar-refractivity contribution in [2.24, 2.45) is 5.92 Å². The van der Waals surface area contributed by atoms with Crippen LogP contribution >= 0.6 is 0 Å². The van der Waals surface area contributed by atoms with Gasteiger partial charge in [0.1, 0.15) is 0 Å². The number of ether oxygens (including phenoxy) is 1. The summed E-state index contributed by atoms with van der Waals surface area (Å²) in [7, 11) is 0. The highest BCUT2D eigenvalue weighted by Gasteiger charge is 2.39. The van der Waals surface area contributed by atoms with Gasteiger partial charge in [-0.25, -0.2) is 0 Å². The summed E-state index contributed by atoms with van der Waals surface area (Å²) in [6.07, 6.45) is -3.52. The van der Waals surface area contributed by atoms with Gasteiger partial charge in [-0.3, -0.25) is 4.79 Å². The smallest absolute Gasteiger partial charge is 0.372 e. The number of piperidine rings is 1. The average molecular weight is 449 g/mol. The summed E-state index contributed by atoms with van der Waals surface area (Å²) in [6.45, 7) is 6.72. The quantitative estimate of drug-likeness (QED) is 0.618. The van der Waals surface area contributed by atoms with E-state index in [4.69, 9.17) is 4.74 Å². The summed E-state index contributed by atoms with van der Waals surface area (Å²) in [5.41, 5.74) is 0.915. The van der Waals surface area contributed by atoms with E-state index in [9.17, 15) is 18.0 Å². The molecule has 0 aromatic heterocycles. The van der Waals surface area contributed by atoms with E-state index in [0.717, 1.165) is 17.7 Å². The van der Waals surface area contributed by atoms with E-state index < -0.39 is 23.4 Å². The molecule has 0 bridgehead atoms. The molecule has 0 spiro atoms. The Morgan fingerprint density at radius 2 is 1.97 bits per heavy atom. The molecule has 1 fully saturated rings. The minimum absolute atomic E-state index is 0.0374. The summed E-state index contributed by atoms with van der Waals surface area (Å²) >= 11 is 0. The van der Waals surface area contributed by atoms with E-state index in [1.165, 1.54) is 0 Å². The fourth-order valence-corrected chi connectivity index (χ4v) is 4.26. The van der Waals surface area contributed by atoms with Crippen molar-refractivity contribution in [3.8, 4) is 0 Å². The Bertz CT molecular complexity index is 907. The van der Waals surface area contributed by atoms with Crippen molar-refractivity contribution in [3.05, 3.63) is 70.8 Å². The zero-order valence-electron chi connectivity index (χ0n) is 18.8. The minimum Gasteiger partial charge on any atom is -0.372 e. The maximum atomic E-state index is 13.2. The van der Waals surface area contributed by atoms with Crippen LogP contribution in [0, 0.1) is 12.8 Å². The molecule has 2 N–H and O–H groups in total. The van der Waals surface area contributed by atoms with Crippen LogP contribution in [0.25, 0.3) is 0 Å². The monoisotopic (exact) mass is 448 g/mol. The van der Waals surface area contributed by atoms with Crippen LogP contribution in [0.1, 0.15) is 55.0 Å². The van der Waals surface area contributed by atoms with Crippen LogP contribution in [0.5, 0.6) is 0 Å². The van der Waals surface area contributed by atoms with E-state index in [-0.39, 0.29) is 18.4 Å². The number of alkyl halides is 3. The number of benzene rings is 2. The Morgan fingerprint density at radius 3 is 2.56 bits per heavy atom. The normalized spacial score (nSPS) is 22.4.